The number of H-pyrrole nitrogens is 2. The van der Waals surface area contributed by atoms with E-state index in [2.05, 4.69) is 20.2 Å². The summed E-state index contributed by atoms with van der Waals surface area (Å²) < 4.78 is 5.32. The van der Waals surface area contributed by atoms with Gasteiger partial charge in [0.1, 0.15) is 0 Å². The summed E-state index contributed by atoms with van der Waals surface area (Å²) in [6.45, 7) is 6.57. The van der Waals surface area contributed by atoms with Crippen LogP contribution >= 0.6 is 0 Å². The minimum atomic E-state index is -0.546. The Labute approximate surface area is 156 Å². The molecule has 0 saturated carbocycles. The van der Waals surface area contributed by atoms with E-state index in [1.165, 1.54) is 0 Å². The zero-order valence-electron chi connectivity index (χ0n) is 15.3. The van der Waals surface area contributed by atoms with Gasteiger partial charge in [0.2, 0.25) is 0 Å². The Balaban J connectivity index is 1.62. The Morgan fingerprint density at radius 3 is 2.74 bits per heavy atom. The highest BCUT2D eigenvalue weighted by molar-refractivity contribution is 5.95. The number of aromatic nitrogens is 2. The number of aryl methyl sites for hydroxylation is 1. The predicted molar refractivity (Wildman–Crippen MR) is 102 cm³/mol. The zero-order valence-corrected chi connectivity index (χ0v) is 15.3. The number of rotatable bonds is 6. The van der Waals surface area contributed by atoms with Gasteiger partial charge in [0.05, 0.1) is 18.8 Å². The van der Waals surface area contributed by atoms with Crippen molar-refractivity contribution in [3.63, 3.8) is 0 Å². The third-order valence-electron chi connectivity index (χ3n) is 4.58. The van der Waals surface area contributed by atoms with Crippen LogP contribution in [-0.2, 0) is 4.74 Å². The number of ether oxygens (including phenoxy) is 1. The molecule has 1 saturated heterocycles. The summed E-state index contributed by atoms with van der Waals surface area (Å²) in [5.74, 6) is -0.183. The lowest BCUT2D eigenvalue weighted by Crippen LogP contribution is -2.38. The molecule has 2 aromatic rings. The molecule has 27 heavy (non-hydrogen) atoms. The molecule has 0 aliphatic carbocycles. The largest absolute Gasteiger partial charge is 0.379 e. The van der Waals surface area contributed by atoms with Crippen molar-refractivity contribution in [3.05, 3.63) is 56.4 Å². The number of carbonyl (C=O) groups excluding carboxylic acids is 1. The second-order valence-corrected chi connectivity index (χ2v) is 6.55. The van der Waals surface area contributed by atoms with Gasteiger partial charge in [0, 0.05) is 30.9 Å². The molecule has 1 aliphatic heterocycles. The highest BCUT2D eigenvalue weighted by Crippen LogP contribution is 2.18. The van der Waals surface area contributed by atoms with E-state index in [1.54, 1.807) is 31.2 Å². The molecular weight excluding hydrogens is 348 g/mol. The zero-order chi connectivity index (χ0) is 19.2. The molecule has 2 heterocycles. The molecule has 1 aromatic carbocycles. The monoisotopic (exact) mass is 372 g/mol. The number of morpholine rings is 1. The topological polar surface area (TPSA) is 107 Å². The maximum absolute atomic E-state index is 12.4. The van der Waals surface area contributed by atoms with Crippen molar-refractivity contribution in [3.8, 4) is 11.1 Å². The molecule has 0 bridgehead atoms. The van der Waals surface area contributed by atoms with Crippen molar-refractivity contribution < 1.29 is 9.53 Å². The Bertz CT molecular complexity index is 912. The summed E-state index contributed by atoms with van der Waals surface area (Å²) in [6.07, 6.45) is 0.865. The summed E-state index contributed by atoms with van der Waals surface area (Å²) in [5, 5.41) is 2.91. The SMILES string of the molecule is Cc1[nH]c(=O)[nH]c(=O)c1-c1cccc(C(=O)NCCCN2CCOCC2)c1. The van der Waals surface area contributed by atoms with Crippen LogP contribution in [0.3, 0.4) is 0 Å². The molecule has 8 heteroatoms. The van der Waals surface area contributed by atoms with Crippen molar-refractivity contribution >= 4 is 5.91 Å². The highest BCUT2D eigenvalue weighted by atomic mass is 16.5. The molecule has 144 valence electrons. The standard InChI is InChI=1S/C19H24N4O4/c1-13-16(18(25)22-19(26)21-13)14-4-2-5-15(12-14)17(24)20-6-3-7-23-8-10-27-11-9-23/h2,4-5,12H,3,6-11H2,1H3,(H,20,24)(H2,21,22,25,26). The molecule has 0 spiro atoms. The minimum Gasteiger partial charge on any atom is -0.379 e. The van der Waals surface area contributed by atoms with E-state index in [-0.39, 0.29) is 5.91 Å². The van der Waals surface area contributed by atoms with Gasteiger partial charge in [-0.15, -0.1) is 0 Å². The number of amides is 1. The molecule has 0 atom stereocenters. The van der Waals surface area contributed by atoms with Crippen molar-refractivity contribution in [1.82, 2.24) is 20.2 Å². The first-order valence-electron chi connectivity index (χ1n) is 9.06. The van der Waals surface area contributed by atoms with Gasteiger partial charge in [-0.3, -0.25) is 19.5 Å². The summed E-state index contributed by atoms with van der Waals surface area (Å²) in [7, 11) is 0. The average Bonchev–Trinajstić information content (AvgIpc) is 2.65. The maximum atomic E-state index is 12.4. The van der Waals surface area contributed by atoms with Crippen molar-refractivity contribution in [1.29, 1.82) is 0 Å². The number of hydrogen-bond acceptors (Lipinski definition) is 5. The molecule has 0 radical (unpaired) electrons. The summed E-state index contributed by atoms with van der Waals surface area (Å²) in [6, 6.07) is 6.83. The van der Waals surface area contributed by atoms with E-state index in [0.29, 0.717) is 28.9 Å². The van der Waals surface area contributed by atoms with Crippen LogP contribution in [0.5, 0.6) is 0 Å². The van der Waals surface area contributed by atoms with E-state index >= 15 is 0 Å². The van der Waals surface area contributed by atoms with Gasteiger partial charge in [-0.2, -0.15) is 0 Å². The molecule has 3 rings (SSSR count). The molecule has 1 amide bonds. The van der Waals surface area contributed by atoms with Gasteiger partial charge >= 0.3 is 5.69 Å². The van der Waals surface area contributed by atoms with E-state index in [4.69, 9.17) is 4.74 Å². The highest BCUT2D eigenvalue weighted by Gasteiger charge is 2.13. The molecular formula is C19H24N4O4. The van der Waals surface area contributed by atoms with Gasteiger partial charge in [-0.25, -0.2) is 4.79 Å². The van der Waals surface area contributed by atoms with Crippen LogP contribution in [0.2, 0.25) is 0 Å². The van der Waals surface area contributed by atoms with E-state index in [1.807, 2.05) is 0 Å². The summed E-state index contributed by atoms with van der Waals surface area (Å²) >= 11 is 0. The normalized spacial score (nSPS) is 14.9. The van der Waals surface area contributed by atoms with E-state index < -0.39 is 11.2 Å². The van der Waals surface area contributed by atoms with Gasteiger partial charge in [-0.1, -0.05) is 12.1 Å². The van der Waals surface area contributed by atoms with Crippen LogP contribution in [0.4, 0.5) is 0 Å². The van der Waals surface area contributed by atoms with Crippen LogP contribution < -0.4 is 16.6 Å². The third-order valence-corrected chi connectivity index (χ3v) is 4.58. The summed E-state index contributed by atoms with van der Waals surface area (Å²) in [5.41, 5.74) is 0.868. The molecule has 3 N–H and O–H groups in total. The first kappa shape index (κ1) is 19.1. The molecule has 1 aliphatic rings. The lowest BCUT2D eigenvalue weighted by atomic mass is 10.0. The first-order valence-corrected chi connectivity index (χ1v) is 9.06. The van der Waals surface area contributed by atoms with Gasteiger partial charge < -0.3 is 15.0 Å². The van der Waals surface area contributed by atoms with Crippen molar-refractivity contribution in [2.45, 2.75) is 13.3 Å². The molecule has 1 fully saturated rings. The first-order chi connectivity index (χ1) is 13.0. The Morgan fingerprint density at radius 2 is 2.00 bits per heavy atom. The van der Waals surface area contributed by atoms with Crippen molar-refractivity contribution in [2.75, 3.05) is 39.4 Å². The second kappa shape index (κ2) is 8.79. The number of carbonyl (C=O) groups is 1. The van der Waals surface area contributed by atoms with Gasteiger partial charge in [0.25, 0.3) is 11.5 Å². The second-order valence-electron chi connectivity index (χ2n) is 6.55. The predicted octanol–water partition coefficient (Wildman–Crippen LogP) is 0.491. The lowest BCUT2D eigenvalue weighted by Gasteiger charge is -2.26. The maximum Gasteiger partial charge on any atom is 0.325 e. The van der Waals surface area contributed by atoms with Gasteiger partial charge in [0.15, 0.2) is 0 Å². The van der Waals surface area contributed by atoms with Crippen LogP contribution in [0, 0.1) is 6.92 Å². The van der Waals surface area contributed by atoms with Crippen LogP contribution in [0.25, 0.3) is 11.1 Å². The molecule has 8 nitrogen and oxygen atoms in total. The third kappa shape index (κ3) is 4.93. The number of benzene rings is 1. The van der Waals surface area contributed by atoms with E-state index in [0.717, 1.165) is 39.3 Å². The Kier molecular flexibility index (Phi) is 6.20. The van der Waals surface area contributed by atoms with E-state index in [9.17, 15) is 14.4 Å². The Hall–Kier alpha value is -2.71. The number of nitrogens with one attached hydrogen (secondary N) is 3. The van der Waals surface area contributed by atoms with Crippen LogP contribution in [-0.4, -0.2) is 60.2 Å². The smallest absolute Gasteiger partial charge is 0.325 e. The fourth-order valence-corrected chi connectivity index (χ4v) is 3.19. The fourth-order valence-electron chi connectivity index (χ4n) is 3.19. The minimum absolute atomic E-state index is 0.183. The fraction of sp³-hybridized carbons (Fsp3) is 0.421. The number of aromatic amines is 2. The van der Waals surface area contributed by atoms with Crippen LogP contribution in [0.15, 0.2) is 33.9 Å². The van der Waals surface area contributed by atoms with Gasteiger partial charge in [-0.05, 0) is 37.6 Å². The summed E-state index contributed by atoms with van der Waals surface area (Å²) in [4.78, 5) is 43.0. The van der Waals surface area contributed by atoms with Crippen LogP contribution in [0.1, 0.15) is 22.5 Å². The quantitative estimate of drug-likeness (QED) is 0.640. The molecule has 0 unspecified atom stereocenters. The molecule has 1 aromatic heterocycles. The average molecular weight is 372 g/mol. The number of nitrogens with zero attached hydrogens (tertiary/aromatic N) is 1. The number of hydrogen-bond donors (Lipinski definition) is 3. The Morgan fingerprint density at radius 1 is 1.22 bits per heavy atom. The van der Waals surface area contributed by atoms with Crippen molar-refractivity contribution in [2.24, 2.45) is 0 Å². The lowest BCUT2D eigenvalue weighted by molar-refractivity contribution is 0.0374.